The van der Waals surface area contributed by atoms with Crippen LogP contribution in [0, 0.1) is 0 Å². The minimum atomic E-state index is 0.650. The molecule has 1 aliphatic heterocycles. The van der Waals surface area contributed by atoms with Gasteiger partial charge in [-0.3, -0.25) is 0 Å². The van der Waals surface area contributed by atoms with E-state index in [9.17, 15) is 0 Å². The van der Waals surface area contributed by atoms with Crippen LogP contribution in [0.4, 0.5) is 0 Å². The summed E-state index contributed by atoms with van der Waals surface area (Å²) in [7, 11) is 0. The van der Waals surface area contributed by atoms with Crippen LogP contribution in [0.2, 0.25) is 0 Å². The third-order valence-corrected chi connectivity index (χ3v) is 3.14. The van der Waals surface area contributed by atoms with Gasteiger partial charge in [0, 0.05) is 13.1 Å². The van der Waals surface area contributed by atoms with Gasteiger partial charge in [0.15, 0.2) is 0 Å². The highest BCUT2D eigenvalue weighted by molar-refractivity contribution is 5.23. The molecule has 2 heteroatoms. The van der Waals surface area contributed by atoms with Crippen molar-refractivity contribution in [2.75, 3.05) is 19.6 Å². The Morgan fingerprint density at radius 1 is 1.13 bits per heavy atom. The lowest BCUT2D eigenvalue weighted by molar-refractivity contribution is 0.343. The highest BCUT2D eigenvalue weighted by Gasteiger charge is 2.10. The van der Waals surface area contributed by atoms with Gasteiger partial charge in [0.1, 0.15) is 0 Å². The molecule has 1 fully saturated rings. The summed E-state index contributed by atoms with van der Waals surface area (Å²) in [6, 6.07) is 8.65. The van der Waals surface area contributed by atoms with Crippen molar-refractivity contribution >= 4 is 0 Å². The van der Waals surface area contributed by atoms with Crippen LogP contribution in [-0.4, -0.2) is 24.5 Å². The van der Waals surface area contributed by atoms with Crippen LogP contribution in [0.1, 0.15) is 24.0 Å². The third-order valence-electron chi connectivity index (χ3n) is 3.14. The predicted octanol–water partition coefficient (Wildman–Crippen LogP) is 1.78. The second kappa shape index (κ2) is 5.29. The molecule has 0 bridgehead atoms. The van der Waals surface area contributed by atoms with Crippen molar-refractivity contribution in [1.29, 1.82) is 0 Å². The van der Waals surface area contributed by atoms with Gasteiger partial charge in [-0.15, -0.1) is 0 Å². The van der Waals surface area contributed by atoms with Gasteiger partial charge in [0.05, 0.1) is 0 Å². The zero-order valence-corrected chi connectivity index (χ0v) is 9.28. The first kappa shape index (κ1) is 10.7. The summed E-state index contributed by atoms with van der Waals surface area (Å²) in [5, 5.41) is 0. The van der Waals surface area contributed by atoms with Gasteiger partial charge in [-0.2, -0.15) is 0 Å². The van der Waals surface area contributed by atoms with E-state index < -0.39 is 0 Å². The zero-order valence-electron chi connectivity index (χ0n) is 9.28. The topological polar surface area (TPSA) is 29.3 Å². The van der Waals surface area contributed by atoms with E-state index in [0.717, 1.165) is 6.42 Å². The lowest BCUT2D eigenvalue weighted by Gasteiger charge is -2.14. The molecular weight excluding hydrogens is 184 g/mol. The van der Waals surface area contributed by atoms with Gasteiger partial charge >= 0.3 is 0 Å². The van der Waals surface area contributed by atoms with Crippen LogP contribution in [-0.2, 0) is 13.0 Å². The average Bonchev–Trinajstić information content (AvgIpc) is 2.79. The lowest BCUT2D eigenvalue weighted by Crippen LogP contribution is -2.21. The first-order valence-electron chi connectivity index (χ1n) is 5.89. The maximum Gasteiger partial charge on any atom is 0.0178 e. The molecule has 0 aliphatic carbocycles. The minimum Gasteiger partial charge on any atom is -0.326 e. The molecular formula is C13H20N2. The van der Waals surface area contributed by atoms with Gasteiger partial charge in [-0.05, 0) is 43.5 Å². The summed E-state index contributed by atoms with van der Waals surface area (Å²) >= 11 is 0. The molecule has 2 nitrogen and oxygen atoms in total. The second-order valence-corrected chi connectivity index (χ2v) is 4.32. The maximum absolute atomic E-state index is 5.63. The van der Waals surface area contributed by atoms with Crippen LogP contribution in [0.3, 0.4) is 0 Å². The molecule has 82 valence electrons. The van der Waals surface area contributed by atoms with Gasteiger partial charge < -0.3 is 10.6 Å². The Hall–Kier alpha value is -0.860. The molecule has 0 radical (unpaired) electrons. The molecule has 1 aromatic carbocycles. The normalized spacial score (nSPS) is 17.1. The molecule has 0 saturated carbocycles. The molecule has 1 aromatic rings. The Morgan fingerprint density at radius 3 is 2.60 bits per heavy atom. The van der Waals surface area contributed by atoms with Gasteiger partial charge in [0.25, 0.3) is 0 Å². The number of nitrogens with zero attached hydrogens (tertiary/aromatic N) is 1. The number of hydrogen-bond acceptors (Lipinski definition) is 2. The van der Waals surface area contributed by atoms with Crippen molar-refractivity contribution in [3.8, 4) is 0 Å². The predicted molar refractivity (Wildman–Crippen MR) is 63.7 cm³/mol. The van der Waals surface area contributed by atoms with Crippen LogP contribution in [0.5, 0.6) is 0 Å². The molecule has 1 heterocycles. The lowest BCUT2D eigenvalue weighted by atomic mass is 10.1. The van der Waals surface area contributed by atoms with Crippen LogP contribution in [0.25, 0.3) is 0 Å². The van der Waals surface area contributed by atoms with E-state index in [1.807, 2.05) is 0 Å². The van der Waals surface area contributed by atoms with Gasteiger partial charge in [0.2, 0.25) is 0 Å². The number of hydrogen-bond donors (Lipinski definition) is 1. The maximum atomic E-state index is 5.63. The summed E-state index contributed by atoms with van der Waals surface area (Å²) in [4.78, 5) is 2.55. The Bertz CT molecular complexity index is 303. The summed E-state index contributed by atoms with van der Waals surface area (Å²) in [6.45, 7) is 4.43. The van der Waals surface area contributed by atoms with E-state index in [4.69, 9.17) is 5.73 Å². The first-order chi connectivity index (χ1) is 7.38. The van der Waals surface area contributed by atoms with E-state index in [1.165, 1.54) is 43.6 Å². The molecule has 0 amide bonds. The Morgan fingerprint density at radius 2 is 1.87 bits per heavy atom. The highest BCUT2D eigenvalue weighted by Crippen LogP contribution is 2.10. The number of likely N-dealkylation sites (tertiary alicyclic amines) is 1. The van der Waals surface area contributed by atoms with E-state index in [0.29, 0.717) is 6.54 Å². The van der Waals surface area contributed by atoms with Crippen molar-refractivity contribution in [2.45, 2.75) is 25.8 Å². The van der Waals surface area contributed by atoms with Gasteiger partial charge in [-0.1, -0.05) is 24.3 Å². The van der Waals surface area contributed by atoms with Crippen molar-refractivity contribution in [2.24, 2.45) is 5.73 Å². The van der Waals surface area contributed by atoms with Crippen molar-refractivity contribution in [1.82, 2.24) is 4.90 Å². The fraction of sp³-hybridized carbons (Fsp3) is 0.538. The quantitative estimate of drug-likeness (QED) is 0.810. The van der Waals surface area contributed by atoms with Crippen LogP contribution in [0.15, 0.2) is 24.3 Å². The zero-order chi connectivity index (χ0) is 10.5. The van der Waals surface area contributed by atoms with E-state index in [-0.39, 0.29) is 0 Å². The number of nitrogens with two attached hydrogens (primary N) is 1. The average molecular weight is 204 g/mol. The molecule has 0 atom stereocenters. The summed E-state index contributed by atoms with van der Waals surface area (Å²) in [5.41, 5.74) is 8.29. The Kier molecular flexibility index (Phi) is 3.75. The third kappa shape index (κ3) is 3.05. The highest BCUT2D eigenvalue weighted by atomic mass is 15.1. The minimum absolute atomic E-state index is 0.650. The van der Waals surface area contributed by atoms with Crippen molar-refractivity contribution in [3.05, 3.63) is 35.4 Å². The molecule has 15 heavy (non-hydrogen) atoms. The number of benzene rings is 1. The SMILES string of the molecule is NCc1cccc(CCN2CCCC2)c1. The number of rotatable bonds is 4. The van der Waals surface area contributed by atoms with E-state index in [2.05, 4.69) is 29.2 Å². The monoisotopic (exact) mass is 204 g/mol. The van der Waals surface area contributed by atoms with Crippen molar-refractivity contribution in [3.63, 3.8) is 0 Å². The summed E-state index contributed by atoms with van der Waals surface area (Å²) in [6.07, 6.45) is 3.92. The Labute approximate surface area is 92.1 Å². The molecule has 1 saturated heterocycles. The summed E-state index contributed by atoms with van der Waals surface area (Å²) in [5.74, 6) is 0. The Balaban J connectivity index is 1.86. The molecule has 2 N–H and O–H groups in total. The van der Waals surface area contributed by atoms with E-state index in [1.54, 1.807) is 0 Å². The van der Waals surface area contributed by atoms with E-state index >= 15 is 0 Å². The fourth-order valence-electron chi connectivity index (χ4n) is 2.21. The van der Waals surface area contributed by atoms with Crippen molar-refractivity contribution < 1.29 is 0 Å². The standard InChI is InChI=1S/C13H20N2/c14-11-13-5-3-4-12(10-13)6-9-15-7-1-2-8-15/h3-5,10H,1-2,6-9,11,14H2. The van der Waals surface area contributed by atoms with Crippen LogP contribution >= 0.6 is 0 Å². The molecule has 0 spiro atoms. The summed E-state index contributed by atoms with van der Waals surface area (Å²) < 4.78 is 0. The second-order valence-electron chi connectivity index (χ2n) is 4.32. The molecule has 0 aromatic heterocycles. The first-order valence-corrected chi connectivity index (χ1v) is 5.89. The van der Waals surface area contributed by atoms with Gasteiger partial charge in [-0.25, -0.2) is 0 Å². The largest absolute Gasteiger partial charge is 0.326 e. The van der Waals surface area contributed by atoms with Crippen LogP contribution < -0.4 is 5.73 Å². The molecule has 0 unspecified atom stereocenters. The smallest absolute Gasteiger partial charge is 0.0178 e. The molecule has 2 rings (SSSR count). The molecule has 1 aliphatic rings. The fourth-order valence-corrected chi connectivity index (χ4v) is 2.21.